The van der Waals surface area contributed by atoms with Gasteiger partial charge in [-0.15, -0.1) is 0 Å². The Morgan fingerprint density at radius 2 is 2.43 bits per heavy atom. The molecule has 78 valence electrons. The van der Waals surface area contributed by atoms with Gasteiger partial charge >= 0.3 is 0 Å². The maximum absolute atomic E-state index is 11.3. The van der Waals surface area contributed by atoms with Gasteiger partial charge < -0.3 is 15.6 Å². The number of aromatic nitrogens is 2. The number of amides is 1. The maximum Gasteiger partial charge on any atom is 0.224 e. The molecule has 0 aliphatic heterocycles. The summed E-state index contributed by atoms with van der Waals surface area (Å²) in [4.78, 5) is 15.2. The molecular formula is C8H14N4O2. The molecule has 1 rings (SSSR count). The molecule has 0 aliphatic carbocycles. The number of hydrogen-bond donors (Lipinski definition) is 2. The van der Waals surface area contributed by atoms with Crippen molar-refractivity contribution >= 4 is 5.91 Å². The molecule has 1 amide bonds. The molecule has 1 heterocycles. The second-order valence-electron chi connectivity index (χ2n) is 3.08. The van der Waals surface area contributed by atoms with Crippen LogP contribution in [0.2, 0.25) is 0 Å². The Kier molecular flexibility index (Phi) is 3.58. The van der Waals surface area contributed by atoms with E-state index in [2.05, 4.69) is 15.5 Å². The van der Waals surface area contributed by atoms with Crippen molar-refractivity contribution in [1.29, 1.82) is 0 Å². The normalized spacial score (nSPS) is 12.5. The molecule has 1 unspecified atom stereocenters. The largest absolute Gasteiger partial charge is 0.348 e. The first kappa shape index (κ1) is 10.6. The van der Waals surface area contributed by atoms with Crippen LogP contribution in [0.4, 0.5) is 0 Å². The first-order valence-corrected chi connectivity index (χ1v) is 4.40. The van der Waals surface area contributed by atoms with Crippen molar-refractivity contribution in [1.82, 2.24) is 15.5 Å². The quantitative estimate of drug-likeness (QED) is 0.685. The second-order valence-corrected chi connectivity index (χ2v) is 3.08. The first-order chi connectivity index (χ1) is 6.63. The van der Waals surface area contributed by atoms with Gasteiger partial charge in [0.2, 0.25) is 11.8 Å². The standard InChI is InChI=1S/C8H14N4O2/c1-5(3-9)8(13)10-4-7-11-6(2)14-12-7/h5H,3-4,9H2,1-2H3,(H,10,13). The topological polar surface area (TPSA) is 94.0 Å². The van der Waals surface area contributed by atoms with Gasteiger partial charge in [0, 0.05) is 19.4 Å². The molecule has 6 heteroatoms. The minimum atomic E-state index is -0.192. The first-order valence-electron chi connectivity index (χ1n) is 4.40. The minimum Gasteiger partial charge on any atom is -0.348 e. The Morgan fingerprint density at radius 3 is 2.93 bits per heavy atom. The molecule has 14 heavy (non-hydrogen) atoms. The Bertz CT molecular complexity index is 310. The molecule has 0 fully saturated rings. The summed E-state index contributed by atoms with van der Waals surface area (Å²) in [6.07, 6.45) is 0. The zero-order valence-electron chi connectivity index (χ0n) is 8.28. The highest BCUT2D eigenvalue weighted by Gasteiger charge is 2.11. The van der Waals surface area contributed by atoms with Gasteiger partial charge in [-0.3, -0.25) is 4.79 Å². The van der Waals surface area contributed by atoms with Crippen LogP contribution in [0.3, 0.4) is 0 Å². The van der Waals surface area contributed by atoms with Crippen LogP contribution in [0, 0.1) is 12.8 Å². The molecule has 1 atom stereocenters. The van der Waals surface area contributed by atoms with E-state index in [0.29, 0.717) is 18.3 Å². The van der Waals surface area contributed by atoms with Crippen molar-refractivity contribution in [3.63, 3.8) is 0 Å². The van der Waals surface area contributed by atoms with Crippen molar-refractivity contribution in [3.05, 3.63) is 11.7 Å². The fourth-order valence-corrected chi connectivity index (χ4v) is 0.861. The van der Waals surface area contributed by atoms with E-state index in [9.17, 15) is 4.79 Å². The number of carbonyl (C=O) groups is 1. The van der Waals surface area contributed by atoms with Crippen LogP contribution in [0.25, 0.3) is 0 Å². The highest BCUT2D eigenvalue weighted by atomic mass is 16.5. The van der Waals surface area contributed by atoms with E-state index in [0.717, 1.165) is 0 Å². The van der Waals surface area contributed by atoms with Crippen LogP contribution < -0.4 is 11.1 Å². The Balaban J connectivity index is 2.37. The number of nitrogens with zero attached hydrogens (tertiary/aromatic N) is 2. The lowest BCUT2D eigenvalue weighted by molar-refractivity contribution is -0.124. The molecule has 1 aromatic heterocycles. The Hall–Kier alpha value is -1.43. The van der Waals surface area contributed by atoms with E-state index in [1.54, 1.807) is 13.8 Å². The van der Waals surface area contributed by atoms with Gasteiger partial charge in [-0.2, -0.15) is 4.98 Å². The predicted octanol–water partition coefficient (Wildman–Crippen LogP) is -0.411. The molecule has 3 N–H and O–H groups in total. The van der Waals surface area contributed by atoms with Gasteiger partial charge in [0.05, 0.1) is 6.54 Å². The molecule has 0 radical (unpaired) electrons. The third-order valence-corrected chi connectivity index (χ3v) is 1.79. The molecule has 0 spiro atoms. The summed E-state index contributed by atoms with van der Waals surface area (Å²) < 4.78 is 4.75. The summed E-state index contributed by atoms with van der Waals surface area (Å²) in [5, 5.41) is 6.30. The van der Waals surface area contributed by atoms with Crippen molar-refractivity contribution in [2.24, 2.45) is 11.7 Å². The molecule has 0 saturated carbocycles. The number of nitrogens with one attached hydrogen (secondary N) is 1. The molecule has 0 bridgehead atoms. The van der Waals surface area contributed by atoms with Gasteiger partial charge in [0.25, 0.3) is 0 Å². The van der Waals surface area contributed by atoms with Crippen molar-refractivity contribution < 1.29 is 9.32 Å². The van der Waals surface area contributed by atoms with Crippen LogP contribution in [0.1, 0.15) is 18.6 Å². The zero-order chi connectivity index (χ0) is 10.6. The number of aryl methyl sites for hydroxylation is 1. The minimum absolute atomic E-state index is 0.102. The molecule has 1 aromatic rings. The molecule has 0 saturated heterocycles. The van der Waals surface area contributed by atoms with E-state index in [1.165, 1.54) is 0 Å². The lowest BCUT2D eigenvalue weighted by Crippen LogP contribution is -2.33. The van der Waals surface area contributed by atoms with Crippen LogP contribution >= 0.6 is 0 Å². The van der Waals surface area contributed by atoms with E-state index < -0.39 is 0 Å². The average Bonchev–Trinajstić information content (AvgIpc) is 2.59. The van der Waals surface area contributed by atoms with Gasteiger partial charge in [-0.05, 0) is 0 Å². The van der Waals surface area contributed by atoms with Gasteiger partial charge in [0.15, 0.2) is 5.82 Å². The van der Waals surface area contributed by atoms with Crippen LogP contribution in [-0.4, -0.2) is 22.6 Å². The third kappa shape index (κ3) is 2.81. The lowest BCUT2D eigenvalue weighted by Gasteiger charge is -2.07. The molecular weight excluding hydrogens is 184 g/mol. The summed E-state index contributed by atoms with van der Waals surface area (Å²) in [7, 11) is 0. The van der Waals surface area contributed by atoms with Crippen LogP contribution in [0.15, 0.2) is 4.52 Å². The van der Waals surface area contributed by atoms with Gasteiger partial charge in [-0.1, -0.05) is 12.1 Å². The SMILES string of the molecule is Cc1nc(CNC(=O)C(C)CN)no1. The molecule has 6 nitrogen and oxygen atoms in total. The number of hydrogen-bond acceptors (Lipinski definition) is 5. The average molecular weight is 198 g/mol. The highest BCUT2D eigenvalue weighted by Crippen LogP contribution is 1.96. The summed E-state index contributed by atoms with van der Waals surface area (Å²) in [5.41, 5.74) is 5.34. The zero-order valence-corrected chi connectivity index (χ0v) is 8.28. The van der Waals surface area contributed by atoms with Crippen molar-refractivity contribution in [2.75, 3.05) is 6.54 Å². The van der Waals surface area contributed by atoms with E-state index in [1.807, 2.05) is 0 Å². The number of rotatable bonds is 4. The summed E-state index contributed by atoms with van der Waals surface area (Å²) in [6.45, 7) is 4.06. The summed E-state index contributed by atoms with van der Waals surface area (Å²) in [6, 6.07) is 0. The fourth-order valence-electron chi connectivity index (χ4n) is 0.861. The second kappa shape index (κ2) is 4.71. The predicted molar refractivity (Wildman–Crippen MR) is 49.1 cm³/mol. The van der Waals surface area contributed by atoms with Gasteiger partial charge in [0.1, 0.15) is 0 Å². The molecule has 0 aliphatic rings. The highest BCUT2D eigenvalue weighted by molar-refractivity contribution is 5.78. The van der Waals surface area contributed by atoms with E-state index in [4.69, 9.17) is 10.3 Å². The Labute approximate surface area is 81.9 Å². The number of nitrogens with two attached hydrogens (primary N) is 1. The third-order valence-electron chi connectivity index (χ3n) is 1.79. The monoisotopic (exact) mass is 198 g/mol. The van der Waals surface area contributed by atoms with Crippen LogP contribution in [0.5, 0.6) is 0 Å². The van der Waals surface area contributed by atoms with E-state index in [-0.39, 0.29) is 18.4 Å². The van der Waals surface area contributed by atoms with Crippen molar-refractivity contribution in [3.8, 4) is 0 Å². The number of carbonyl (C=O) groups excluding carboxylic acids is 1. The Morgan fingerprint density at radius 1 is 1.71 bits per heavy atom. The van der Waals surface area contributed by atoms with Crippen LogP contribution in [-0.2, 0) is 11.3 Å². The lowest BCUT2D eigenvalue weighted by atomic mass is 10.2. The maximum atomic E-state index is 11.3. The van der Waals surface area contributed by atoms with Gasteiger partial charge in [-0.25, -0.2) is 0 Å². The summed E-state index contributed by atoms with van der Waals surface area (Å²) in [5.74, 6) is 0.666. The van der Waals surface area contributed by atoms with Crippen molar-refractivity contribution in [2.45, 2.75) is 20.4 Å². The fraction of sp³-hybridized carbons (Fsp3) is 0.625. The molecule has 0 aromatic carbocycles. The summed E-state index contributed by atoms with van der Waals surface area (Å²) >= 11 is 0. The smallest absolute Gasteiger partial charge is 0.224 e. The van der Waals surface area contributed by atoms with E-state index >= 15 is 0 Å².